The number of rotatable bonds is 5. The number of esters is 1. The van der Waals surface area contributed by atoms with Gasteiger partial charge in [-0.05, 0) is 43.3 Å². The summed E-state index contributed by atoms with van der Waals surface area (Å²) in [5.41, 5.74) is 0.215. The molecule has 0 aliphatic rings. The van der Waals surface area contributed by atoms with Crippen molar-refractivity contribution in [3.05, 3.63) is 59.9 Å². The van der Waals surface area contributed by atoms with Gasteiger partial charge in [0.2, 0.25) is 0 Å². The van der Waals surface area contributed by atoms with E-state index in [-0.39, 0.29) is 17.1 Å². The van der Waals surface area contributed by atoms with Crippen LogP contribution in [0.25, 0.3) is 0 Å². The zero-order chi connectivity index (χ0) is 16.2. The van der Waals surface area contributed by atoms with E-state index in [1.807, 2.05) is 0 Å². The van der Waals surface area contributed by atoms with Crippen molar-refractivity contribution in [2.45, 2.75) is 11.8 Å². The summed E-state index contributed by atoms with van der Waals surface area (Å²) in [6.07, 6.45) is 0. The molecule has 0 fully saturated rings. The SMILES string of the molecule is CCOC(=O)c1ccc(S(=O)(=O)Oc2ccccc2F)cc1. The van der Waals surface area contributed by atoms with Crippen LogP contribution in [0.5, 0.6) is 5.75 Å². The number of carbonyl (C=O) groups is 1. The second-order valence-corrected chi connectivity index (χ2v) is 5.76. The Labute approximate surface area is 127 Å². The molecule has 0 atom stereocenters. The van der Waals surface area contributed by atoms with Crippen LogP contribution in [0.15, 0.2) is 53.4 Å². The monoisotopic (exact) mass is 324 g/mol. The maximum absolute atomic E-state index is 13.4. The Morgan fingerprint density at radius 3 is 2.32 bits per heavy atom. The number of ether oxygens (including phenoxy) is 1. The van der Waals surface area contributed by atoms with Gasteiger partial charge in [0, 0.05) is 0 Å². The lowest BCUT2D eigenvalue weighted by atomic mass is 10.2. The number of halogens is 1. The number of hydrogen-bond donors (Lipinski definition) is 0. The van der Waals surface area contributed by atoms with E-state index < -0.39 is 27.7 Å². The fourth-order valence-corrected chi connectivity index (χ4v) is 2.59. The van der Waals surface area contributed by atoms with Crippen LogP contribution in [0.4, 0.5) is 4.39 Å². The number of para-hydroxylation sites is 1. The number of benzene rings is 2. The highest BCUT2D eigenvalue weighted by Crippen LogP contribution is 2.21. The summed E-state index contributed by atoms with van der Waals surface area (Å²) >= 11 is 0. The Bertz CT molecular complexity index is 769. The molecule has 2 rings (SSSR count). The average Bonchev–Trinajstić information content (AvgIpc) is 2.50. The van der Waals surface area contributed by atoms with E-state index in [0.29, 0.717) is 0 Å². The first-order valence-corrected chi connectivity index (χ1v) is 7.81. The van der Waals surface area contributed by atoms with Gasteiger partial charge in [-0.3, -0.25) is 0 Å². The van der Waals surface area contributed by atoms with Crippen molar-refractivity contribution in [3.63, 3.8) is 0 Å². The second kappa shape index (κ2) is 6.57. The van der Waals surface area contributed by atoms with Crippen LogP contribution in [0.1, 0.15) is 17.3 Å². The van der Waals surface area contributed by atoms with Crippen molar-refractivity contribution in [3.8, 4) is 5.75 Å². The summed E-state index contributed by atoms with van der Waals surface area (Å²) in [6.45, 7) is 1.88. The Hall–Kier alpha value is -2.41. The molecule has 0 bridgehead atoms. The predicted octanol–water partition coefficient (Wildman–Crippen LogP) is 2.77. The van der Waals surface area contributed by atoms with E-state index in [1.165, 1.54) is 42.5 Å². The fraction of sp³-hybridized carbons (Fsp3) is 0.133. The van der Waals surface area contributed by atoms with Gasteiger partial charge in [-0.25, -0.2) is 9.18 Å². The van der Waals surface area contributed by atoms with Crippen LogP contribution in [0.3, 0.4) is 0 Å². The highest BCUT2D eigenvalue weighted by atomic mass is 32.2. The highest BCUT2D eigenvalue weighted by molar-refractivity contribution is 7.87. The van der Waals surface area contributed by atoms with Crippen molar-refractivity contribution < 1.29 is 26.5 Å². The molecule has 0 heterocycles. The van der Waals surface area contributed by atoms with Crippen molar-refractivity contribution >= 4 is 16.1 Å². The summed E-state index contributed by atoms with van der Waals surface area (Å²) in [7, 11) is -4.18. The molecule has 5 nitrogen and oxygen atoms in total. The molecule has 0 N–H and O–H groups in total. The fourth-order valence-electron chi connectivity index (χ4n) is 1.65. The highest BCUT2D eigenvalue weighted by Gasteiger charge is 2.19. The van der Waals surface area contributed by atoms with Crippen molar-refractivity contribution in [1.82, 2.24) is 0 Å². The van der Waals surface area contributed by atoms with Crippen molar-refractivity contribution in [1.29, 1.82) is 0 Å². The Kier molecular flexibility index (Phi) is 4.77. The van der Waals surface area contributed by atoms with Gasteiger partial charge in [0.15, 0.2) is 11.6 Å². The van der Waals surface area contributed by atoms with E-state index in [0.717, 1.165) is 6.07 Å². The van der Waals surface area contributed by atoms with Gasteiger partial charge >= 0.3 is 16.1 Å². The van der Waals surface area contributed by atoms with E-state index in [1.54, 1.807) is 6.92 Å². The quantitative estimate of drug-likeness (QED) is 0.625. The number of carbonyl (C=O) groups excluding carboxylic acids is 1. The minimum absolute atomic E-state index is 0.191. The van der Waals surface area contributed by atoms with Crippen LogP contribution in [0, 0.1) is 5.82 Å². The van der Waals surface area contributed by atoms with E-state index in [2.05, 4.69) is 0 Å². The molecular weight excluding hydrogens is 311 g/mol. The van der Waals surface area contributed by atoms with Crippen LogP contribution >= 0.6 is 0 Å². The van der Waals surface area contributed by atoms with Gasteiger partial charge < -0.3 is 8.92 Å². The third-order valence-electron chi connectivity index (χ3n) is 2.69. The molecule has 0 aromatic heterocycles. The third-order valence-corrected chi connectivity index (χ3v) is 3.94. The standard InChI is InChI=1S/C15H13FO5S/c1-2-20-15(17)11-7-9-12(10-8-11)22(18,19)21-14-6-4-3-5-13(14)16/h3-10H,2H2,1H3. The van der Waals surface area contributed by atoms with Gasteiger partial charge in [0.05, 0.1) is 12.2 Å². The van der Waals surface area contributed by atoms with Gasteiger partial charge in [0.1, 0.15) is 4.90 Å². The first-order valence-electron chi connectivity index (χ1n) is 6.40. The molecule has 2 aromatic carbocycles. The van der Waals surface area contributed by atoms with Crippen LogP contribution < -0.4 is 4.18 Å². The molecule has 2 aromatic rings. The minimum Gasteiger partial charge on any atom is -0.462 e. The molecule has 0 saturated heterocycles. The number of hydrogen-bond acceptors (Lipinski definition) is 5. The van der Waals surface area contributed by atoms with Crippen molar-refractivity contribution in [2.24, 2.45) is 0 Å². The molecule has 0 spiro atoms. The van der Waals surface area contributed by atoms with Crippen LogP contribution in [-0.2, 0) is 14.9 Å². The summed E-state index contributed by atoms with van der Waals surface area (Å²) < 4.78 is 47.1. The molecule has 116 valence electrons. The lowest BCUT2D eigenvalue weighted by molar-refractivity contribution is 0.0526. The van der Waals surface area contributed by atoms with Gasteiger partial charge in [-0.1, -0.05) is 12.1 Å². The molecule has 0 amide bonds. The second-order valence-electron chi connectivity index (χ2n) is 4.21. The summed E-state index contributed by atoms with van der Waals surface area (Å²) in [5.74, 6) is -1.73. The minimum atomic E-state index is -4.18. The average molecular weight is 324 g/mol. The zero-order valence-corrected chi connectivity index (χ0v) is 12.5. The molecule has 0 unspecified atom stereocenters. The maximum atomic E-state index is 13.4. The summed E-state index contributed by atoms with van der Waals surface area (Å²) in [6, 6.07) is 10.2. The normalized spacial score (nSPS) is 11.0. The summed E-state index contributed by atoms with van der Waals surface area (Å²) in [5, 5.41) is 0. The van der Waals surface area contributed by atoms with Gasteiger partial charge in [0.25, 0.3) is 0 Å². The smallest absolute Gasteiger partial charge is 0.339 e. The molecule has 0 aliphatic carbocycles. The largest absolute Gasteiger partial charge is 0.462 e. The molecule has 0 radical (unpaired) electrons. The van der Waals surface area contributed by atoms with Gasteiger partial charge in [-0.15, -0.1) is 0 Å². The summed E-state index contributed by atoms with van der Waals surface area (Å²) in [4.78, 5) is 11.3. The molecule has 22 heavy (non-hydrogen) atoms. The van der Waals surface area contributed by atoms with Gasteiger partial charge in [-0.2, -0.15) is 8.42 Å². The Morgan fingerprint density at radius 1 is 1.09 bits per heavy atom. The topological polar surface area (TPSA) is 69.7 Å². The van der Waals surface area contributed by atoms with Crippen LogP contribution in [-0.4, -0.2) is 21.0 Å². The zero-order valence-electron chi connectivity index (χ0n) is 11.7. The van der Waals surface area contributed by atoms with Crippen LogP contribution in [0.2, 0.25) is 0 Å². The predicted molar refractivity (Wildman–Crippen MR) is 76.6 cm³/mol. The van der Waals surface area contributed by atoms with Crippen molar-refractivity contribution in [2.75, 3.05) is 6.61 Å². The Balaban J connectivity index is 2.23. The molecule has 0 aliphatic heterocycles. The molecular formula is C15H13FO5S. The third kappa shape index (κ3) is 3.62. The lowest BCUT2D eigenvalue weighted by Crippen LogP contribution is -2.11. The first-order chi connectivity index (χ1) is 10.4. The lowest BCUT2D eigenvalue weighted by Gasteiger charge is -2.08. The van der Waals surface area contributed by atoms with E-state index >= 15 is 0 Å². The van der Waals surface area contributed by atoms with E-state index in [4.69, 9.17) is 8.92 Å². The Morgan fingerprint density at radius 2 is 1.73 bits per heavy atom. The molecule has 0 saturated carbocycles. The first kappa shape index (κ1) is 16.0. The van der Waals surface area contributed by atoms with E-state index in [9.17, 15) is 17.6 Å². The maximum Gasteiger partial charge on any atom is 0.339 e. The molecule has 7 heteroatoms.